The first-order valence-corrected chi connectivity index (χ1v) is 7.70. The van der Waals surface area contributed by atoms with Crippen LogP contribution in [0.2, 0.25) is 0 Å². The summed E-state index contributed by atoms with van der Waals surface area (Å²) in [6.45, 7) is 2.55. The quantitative estimate of drug-likeness (QED) is 0.860. The zero-order valence-corrected chi connectivity index (χ0v) is 13.5. The van der Waals surface area contributed by atoms with Gasteiger partial charge in [0.1, 0.15) is 6.04 Å². The van der Waals surface area contributed by atoms with E-state index in [2.05, 4.69) is 0 Å². The zero-order chi connectivity index (χ0) is 17.0. The third-order valence-electron chi connectivity index (χ3n) is 4.12. The van der Waals surface area contributed by atoms with E-state index in [4.69, 9.17) is 5.11 Å². The Kier molecular flexibility index (Phi) is 5.36. The number of likely N-dealkylation sites (tertiary alicyclic amines) is 1. The Morgan fingerprint density at radius 1 is 1.30 bits per heavy atom. The molecule has 0 aliphatic carbocycles. The summed E-state index contributed by atoms with van der Waals surface area (Å²) in [4.78, 5) is 38.2. The molecule has 6 nitrogen and oxygen atoms in total. The van der Waals surface area contributed by atoms with Crippen molar-refractivity contribution in [1.29, 1.82) is 0 Å². The van der Waals surface area contributed by atoms with E-state index in [1.54, 1.807) is 11.9 Å². The third-order valence-corrected chi connectivity index (χ3v) is 4.12. The highest BCUT2D eigenvalue weighted by molar-refractivity contribution is 5.91. The lowest BCUT2D eigenvalue weighted by Gasteiger charge is -2.28. The van der Waals surface area contributed by atoms with Gasteiger partial charge in [-0.15, -0.1) is 0 Å². The van der Waals surface area contributed by atoms with Crippen molar-refractivity contribution in [2.24, 2.45) is 0 Å². The number of nitrogens with zero attached hydrogens (tertiary/aromatic N) is 2. The third kappa shape index (κ3) is 4.31. The van der Waals surface area contributed by atoms with E-state index in [0.29, 0.717) is 19.4 Å². The second-order valence-corrected chi connectivity index (χ2v) is 5.97. The molecular weight excluding hydrogens is 296 g/mol. The second kappa shape index (κ2) is 7.26. The van der Waals surface area contributed by atoms with Gasteiger partial charge in [-0.3, -0.25) is 14.4 Å². The number of benzene rings is 1. The molecular formula is C17H22N2O4. The van der Waals surface area contributed by atoms with E-state index >= 15 is 0 Å². The lowest BCUT2D eigenvalue weighted by Crippen LogP contribution is -2.45. The van der Waals surface area contributed by atoms with E-state index < -0.39 is 12.0 Å². The number of hydrogen-bond donors (Lipinski definition) is 1. The molecule has 1 aromatic carbocycles. The van der Waals surface area contributed by atoms with E-state index in [0.717, 1.165) is 11.1 Å². The fraction of sp³-hybridized carbons (Fsp3) is 0.471. The normalized spacial score (nSPS) is 17.4. The number of aryl methyl sites for hydroxylation is 1. The minimum Gasteiger partial charge on any atom is -0.481 e. The summed E-state index contributed by atoms with van der Waals surface area (Å²) >= 11 is 0. The van der Waals surface area contributed by atoms with Gasteiger partial charge in [0.2, 0.25) is 11.8 Å². The van der Waals surface area contributed by atoms with E-state index in [9.17, 15) is 14.4 Å². The van der Waals surface area contributed by atoms with Gasteiger partial charge in [0, 0.05) is 26.6 Å². The van der Waals surface area contributed by atoms with Crippen molar-refractivity contribution in [1.82, 2.24) is 9.80 Å². The Morgan fingerprint density at radius 3 is 2.57 bits per heavy atom. The SMILES string of the molecule is Cc1ccc(CN2C(=O)CCC2C(=O)N(C)CCC(=O)O)cc1. The number of rotatable bonds is 6. The molecule has 1 atom stereocenters. The summed E-state index contributed by atoms with van der Waals surface area (Å²) in [6.07, 6.45) is 0.747. The van der Waals surface area contributed by atoms with E-state index in [1.165, 1.54) is 4.90 Å². The Morgan fingerprint density at radius 2 is 1.96 bits per heavy atom. The number of likely N-dealkylation sites (N-methyl/N-ethyl adjacent to an activating group) is 1. The Hall–Kier alpha value is -2.37. The van der Waals surface area contributed by atoms with Crippen molar-refractivity contribution < 1.29 is 19.5 Å². The van der Waals surface area contributed by atoms with Gasteiger partial charge in [0.25, 0.3) is 0 Å². The Labute approximate surface area is 135 Å². The van der Waals surface area contributed by atoms with Crippen molar-refractivity contribution in [2.75, 3.05) is 13.6 Å². The molecule has 1 unspecified atom stereocenters. The van der Waals surface area contributed by atoms with Crippen LogP contribution < -0.4 is 0 Å². The molecule has 2 amide bonds. The predicted octanol–water partition coefficient (Wildman–Crippen LogP) is 1.42. The van der Waals surface area contributed by atoms with Gasteiger partial charge in [-0.2, -0.15) is 0 Å². The molecule has 0 aromatic heterocycles. The predicted molar refractivity (Wildman–Crippen MR) is 84.6 cm³/mol. The topological polar surface area (TPSA) is 77.9 Å². The van der Waals surface area contributed by atoms with Crippen molar-refractivity contribution in [3.8, 4) is 0 Å². The maximum Gasteiger partial charge on any atom is 0.305 e. The molecule has 1 aliphatic rings. The van der Waals surface area contributed by atoms with Gasteiger partial charge < -0.3 is 14.9 Å². The van der Waals surface area contributed by atoms with Gasteiger partial charge >= 0.3 is 5.97 Å². The summed E-state index contributed by atoms with van der Waals surface area (Å²) in [5.41, 5.74) is 2.12. The monoisotopic (exact) mass is 318 g/mol. The molecule has 124 valence electrons. The highest BCUT2D eigenvalue weighted by Crippen LogP contribution is 2.23. The molecule has 2 rings (SSSR count). The van der Waals surface area contributed by atoms with Crippen molar-refractivity contribution >= 4 is 17.8 Å². The van der Waals surface area contributed by atoms with Crippen molar-refractivity contribution in [3.63, 3.8) is 0 Å². The van der Waals surface area contributed by atoms with Crippen LogP contribution in [0.4, 0.5) is 0 Å². The van der Waals surface area contributed by atoms with Crippen molar-refractivity contribution in [2.45, 2.75) is 38.8 Å². The molecule has 23 heavy (non-hydrogen) atoms. The fourth-order valence-corrected chi connectivity index (χ4v) is 2.71. The average Bonchev–Trinajstić information content (AvgIpc) is 2.87. The molecule has 0 bridgehead atoms. The van der Waals surface area contributed by atoms with Gasteiger partial charge in [-0.05, 0) is 18.9 Å². The number of aliphatic carboxylic acids is 1. The molecule has 1 N–H and O–H groups in total. The van der Waals surface area contributed by atoms with Gasteiger partial charge in [-0.1, -0.05) is 29.8 Å². The molecule has 1 aliphatic heterocycles. The van der Waals surface area contributed by atoms with Crippen LogP contribution in [0.15, 0.2) is 24.3 Å². The lowest BCUT2D eigenvalue weighted by atomic mass is 10.1. The van der Waals surface area contributed by atoms with Gasteiger partial charge in [0.05, 0.1) is 6.42 Å². The molecule has 1 saturated heterocycles. The highest BCUT2D eigenvalue weighted by atomic mass is 16.4. The number of amides is 2. The molecule has 1 heterocycles. The average molecular weight is 318 g/mol. The van der Waals surface area contributed by atoms with E-state index in [1.807, 2.05) is 31.2 Å². The number of carbonyl (C=O) groups is 3. The minimum absolute atomic E-state index is 0.0319. The van der Waals surface area contributed by atoms with E-state index in [-0.39, 0.29) is 24.8 Å². The largest absolute Gasteiger partial charge is 0.481 e. The van der Waals surface area contributed by atoms with Gasteiger partial charge in [0.15, 0.2) is 0 Å². The number of carboxylic acid groups (broad SMARTS) is 1. The minimum atomic E-state index is -0.941. The van der Waals surface area contributed by atoms with Crippen LogP contribution >= 0.6 is 0 Å². The summed E-state index contributed by atoms with van der Waals surface area (Å²) in [6, 6.07) is 7.37. The van der Waals surface area contributed by atoms with Crippen molar-refractivity contribution in [3.05, 3.63) is 35.4 Å². The fourth-order valence-electron chi connectivity index (χ4n) is 2.71. The van der Waals surface area contributed by atoms with Crippen LogP contribution in [0.25, 0.3) is 0 Å². The maximum absolute atomic E-state index is 12.5. The summed E-state index contributed by atoms with van der Waals surface area (Å²) < 4.78 is 0. The first-order valence-electron chi connectivity index (χ1n) is 7.70. The van der Waals surface area contributed by atoms with Crippen LogP contribution in [0.3, 0.4) is 0 Å². The standard InChI is InChI=1S/C17H22N2O4/c1-12-3-5-13(6-4-12)11-19-14(7-8-15(19)20)17(23)18(2)10-9-16(21)22/h3-6,14H,7-11H2,1-2H3,(H,21,22). The second-order valence-electron chi connectivity index (χ2n) is 5.97. The number of carboxylic acids is 1. The first-order chi connectivity index (χ1) is 10.9. The number of carbonyl (C=O) groups excluding carboxylic acids is 2. The summed E-state index contributed by atoms with van der Waals surface area (Å²) in [5, 5.41) is 8.72. The lowest BCUT2D eigenvalue weighted by molar-refractivity contribution is -0.142. The van der Waals surface area contributed by atoms with Crippen LogP contribution in [-0.2, 0) is 20.9 Å². The Bertz CT molecular complexity index is 597. The highest BCUT2D eigenvalue weighted by Gasteiger charge is 2.37. The van der Waals surface area contributed by atoms with Crippen LogP contribution in [0.5, 0.6) is 0 Å². The maximum atomic E-state index is 12.5. The van der Waals surface area contributed by atoms with Crippen LogP contribution in [0, 0.1) is 6.92 Å². The first kappa shape index (κ1) is 17.0. The summed E-state index contributed by atoms with van der Waals surface area (Å²) in [5.74, 6) is -1.16. The smallest absolute Gasteiger partial charge is 0.305 e. The summed E-state index contributed by atoms with van der Waals surface area (Å²) in [7, 11) is 1.58. The molecule has 0 radical (unpaired) electrons. The molecule has 0 spiro atoms. The molecule has 1 aromatic rings. The van der Waals surface area contributed by atoms with Crippen LogP contribution in [-0.4, -0.2) is 52.3 Å². The number of hydrogen-bond acceptors (Lipinski definition) is 3. The van der Waals surface area contributed by atoms with Crippen LogP contribution in [0.1, 0.15) is 30.4 Å². The Balaban J connectivity index is 2.04. The molecule has 0 saturated carbocycles. The zero-order valence-electron chi connectivity index (χ0n) is 13.5. The molecule has 6 heteroatoms. The van der Waals surface area contributed by atoms with Gasteiger partial charge in [-0.25, -0.2) is 0 Å². The molecule has 1 fully saturated rings.